The van der Waals surface area contributed by atoms with Gasteiger partial charge in [-0.15, -0.1) is 0 Å². The van der Waals surface area contributed by atoms with Gasteiger partial charge in [0.2, 0.25) is 0 Å². The van der Waals surface area contributed by atoms with E-state index in [9.17, 15) is 0 Å². The molecule has 8 bridgehead atoms. The maximum Gasteiger partial charge on any atom is 0.0752 e. The van der Waals surface area contributed by atoms with Crippen molar-refractivity contribution in [3.05, 3.63) is 98.1 Å². The smallest absolute Gasteiger partial charge is 0.0752 e. The predicted octanol–water partition coefficient (Wildman–Crippen LogP) is 6.87. The average molecular weight is 515 g/mol. The molecule has 40 heavy (non-hydrogen) atoms. The van der Waals surface area contributed by atoms with Crippen LogP contribution in [0.5, 0.6) is 0 Å². The molecule has 2 N–H and O–H groups in total. The molecule has 7 aromatic heterocycles. The van der Waals surface area contributed by atoms with E-state index >= 15 is 0 Å². The van der Waals surface area contributed by atoms with Crippen molar-refractivity contribution in [2.75, 3.05) is 0 Å². The van der Waals surface area contributed by atoms with Crippen molar-refractivity contribution in [1.82, 2.24) is 39.9 Å². The molecule has 7 aromatic rings. The van der Waals surface area contributed by atoms with Crippen LogP contribution in [-0.4, -0.2) is 39.9 Å². The van der Waals surface area contributed by atoms with Crippen molar-refractivity contribution in [2.24, 2.45) is 0 Å². The molecular weight excluding hydrogens is 496 g/mol. The molecule has 0 fully saturated rings. The molecule has 0 radical (unpaired) electrons. The van der Waals surface area contributed by atoms with Gasteiger partial charge in [-0.3, -0.25) is 19.9 Å². The number of pyridine rings is 4. The molecule has 0 spiro atoms. The van der Waals surface area contributed by atoms with E-state index in [1.54, 1.807) is 6.20 Å². The lowest BCUT2D eigenvalue weighted by molar-refractivity contribution is 1.34. The van der Waals surface area contributed by atoms with E-state index in [0.29, 0.717) is 0 Å². The SMILES string of the molecule is c1cc2c(cn1)-c1cc3[nH]c(cc4nc(cc5[nH]c(cc-2n1)c1ccncc51)-c1cnccc1-4)c1cnccc31. The number of hydrogen-bond acceptors (Lipinski definition) is 6. The molecule has 186 valence electrons. The van der Waals surface area contributed by atoms with Gasteiger partial charge in [-0.1, -0.05) is 0 Å². The maximum atomic E-state index is 5.09. The molecule has 9 heterocycles. The molecule has 8 nitrogen and oxygen atoms in total. The van der Waals surface area contributed by atoms with Gasteiger partial charge in [0.15, 0.2) is 0 Å². The Morgan fingerprint density at radius 3 is 1.23 bits per heavy atom. The van der Waals surface area contributed by atoms with Crippen LogP contribution in [0.3, 0.4) is 0 Å². The molecule has 2 aliphatic rings. The van der Waals surface area contributed by atoms with Crippen molar-refractivity contribution >= 4 is 43.6 Å². The topological polar surface area (TPSA) is 109 Å². The number of fused-ring (bicyclic) bond motifs is 20. The second-order valence-corrected chi connectivity index (χ2v) is 9.93. The Morgan fingerprint density at radius 1 is 0.375 bits per heavy atom. The van der Waals surface area contributed by atoms with E-state index in [1.165, 1.54) is 0 Å². The predicted molar refractivity (Wildman–Crippen MR) is 156 cm³/mol. The first-order chi connectivity index (χ1) is 19.8. The summed E-state index contributed by atoms with van der Waals surface area (Å²) in [6.07, 6.45) is 14.8. The highest BCUT2D eigenvalue weighted by Crippen LogP contribution is 2.39. The minimum absolute atomic E-state index is 0.839. The van der Waals surface area contributed by atoms with Gasteiger partial charge in [0, 0.05) is 104 Å². The largest absolute Gasteiger partial charge is 0.354 e. The fourth-order valence-corrected chi connectivity index (χ4v) is 5.83. The monoisotopic (exact) mass is 514 g/mol. The Kier molecular flexibility index (Phi) is 4.17. The number of rotatable bonds is 0. The van der Waals surface area contributed by atoms with E-state index in [4.69, 9.17) is 9.97 Å². The quantitative estimate of drug-likeness (QED) is 0.229. The number of nitrogens with one attached hydrogen (secondary N) is 2. The van der Waals surface area contributed by atoms with Crippen LogP contribution >= 0.6 is 0 Å². The zero-order chi connectivity index (χ0) is 26.2. The summed E-state index contributed by atoms with van der Waals surface area (Å²) >= 11 is 0. The minimum Gasteiger partial charge on any atom is -0.354 e. The second-order valence-electron chi connectivity index (χ2n) is 9.93. The molecule has 8 heteroatoms. The number of nitrogens with zero attached hydrogens (tertiary/aromatic N) is 6. The summed E-state index contributed by atoms with van der Waals surface area (Å²) < 4.78 is 0. The van der Waals surface area contributed by atoms with Crippen LogP contribution in [0.4, 0.5) is 0 Å². The van der Waals surface area contributed by atoms with Gasteiger partial charge in [-0.05, 0) is 48.5 Å². The Balaban J connectivity index is 1.51. The Hall–Kier alpha value is -5.76. The van der Waals surface area contributed by atoms with Crippen molar-refractivity contribution in [2.45, 2.75) is 0 Å². The van der Waals surface area contributed by atoms with Crippen molar-refractivity contribution in [3.8, 4) is 45.0 Å². The van der Waals surface area contributed by atoms with Crippen LogP contribution in [0.15, 0.2) is 98.1 Å². The lowest BCUT2D eigenvalue weighted by Crippen LogP contribution is -1.78. The summed E-state index contributed by atoms with van der Waals surface area (Å²) in [5, 5.41) is 4.15. The highest BCUT2D eigenvalue weighted by atomic mass is 14.8. The zero-order valence-corrected chi connectivity index (χ0v) is 20.9. The normalized spacial score (nSPS) is 12.0. The summed E-state index contributed by atoms with van der Waals surface area (Å²) in [5.74, 6) is 0. The van der Waals surface area contributed by atoms with Crippen molar-refractivity contribution < 1.29 is 0 Å². The second kappa shape index (κ2) is 7.87. The minimum atomic E-state index is 0.839. The van der Waals surface area contributed by atoms with Crippen LogP contribution in [0, 0.1) is 0 Å². The van der Waals surface area contributed by atoms with E-state index in [0.717, 1.165) is 88.6 Å². The lowest BCUT2D eigenvalue weighted by Gasteiger charge is -1.97. The van der Waals surface area contributed by atoms with Crippen LogP contribution < -0.4 is 0 Å². The Bertz CT molecular complexity index is 2030. The standard InChI is InChI=1S/C32H18N8/c1-5-33-13-21-17(1)25-9-26-18-2-6-35-15-23(18)31(38-26)12-32-24-16-36-8-4-20(24)28(40-32)11-30-22-14-34-7-3-19(22)27(39-30)10-29(21)37-25/h1-16,38-39H. The third-order valence-corrected chi connectivity index (χ3v) is 7.69. The first-order valence-electron chi connectivity index (χ1n) is 12.9. The van der Waals surface area contributed by atoms with Crippen LogP contribution in [0.1, 0.15) is 0 Å². The van der Waals surface area contributed by atoms with Gasteiger partial charge in [-0.25, -0.2) is 9.97 Å². The third-order valence-electron chi connectivity index (χ3n) is 7.69. The summed E-state index contributed by atoms with van der Waals surface area (Å²) in [6.45, 7) is 0. The molecule has 9 rings (SSSR count). The number of aromatic amines is 2. The van der Waals surface area contributed by atoms with E-state index < -0.39 is 0 Å². The Labute approximate surface area is 226 Å². The van der Waals surface area contributed by atoms with Gasteiger partial charge < -0.3 is 9.97 Å². The van der Waals surface area contributed by atoms with Crippen LogP contribution in [-0.2, 0) is 0 Å². The van der Waals surface area contributed by atoms with E-state index in [-0.39, 0.29) is 0 Å². The van der Waals surface area contributed by atoms with Gasteiger partial charge in [0.05, 0.1) is 33.8 Å². The maximum absolute atomic E-state index is 5.09. The van der Waals surface area contributed by atoms with Crippen molar-refractivity contribution in [3.63, 3.8) is 0 Å². The number of aromatic nitrogens is 8. The summed E-state index contributed by atoms with van der Waals surface area (Å²) in [7, 11) is 0. The fourth-order valence-electron chi connectivity index (χ4n) is 5.83. The molecule has 0 aliphatic carbocycles. The highest BCUT2D eigenvalue weighted by molar-refractivity contribution is 6.09. The first kappa shape index (κ1) is 21.2. The van der Waals surface area contributed by atoms with Crippen LogP contribution in [0.2, 0.25) is 0 Å². The molecular formula is C32H18N8. The highest BCUT2D eigenvalue weighted by Gasteiger charge is 2.19. The first-order valence-corrected chi connectivity index (χ1v) is 12.9. The molecule has 0 saturated heterocycles. The van der Waals surface area contributed by atoms with E-state index in [1.807, 2.05) is 67.6 Å². The van der Waals surface area contributed by atoms with Gasteiger partial charge in [0.25, 0.3) is 0 Å². The van der Waals surface area contributed by atoms with Gasteiger partial charge >= 0.3 is 0 Å². The summed E-state index contributed by atoms with van der Waals surface area (Å²) in [6, 6.07) is 16.4. The summed E-state index contributed by atoms with van der Waals surface area (Å²) in [4.78, 5) is 35.1. The molecule has 2 aliphatic heterocycles. The average Bonchev–Trinajstić information content (AvgIpc) is 3.73. The molecule has 0 saturated carbocycles. The number of H-pyrrole nitrogens is 2. The molecule has 0 atom stereocenters. The zero-order valence-electron chi connectivity index (χ0n) is 20.9. The lowest BCUT2D eigenvalue weighted by atomic mass is 10.1. The summed E-state index contributed by atoms with van der Waals surface area (Å²) in [5.41, 5.74) is 11.2. The fraction of sp³-hybridized carbons (Fsp3) is 0. The van der Waals surface area contributed by atoms with Gasteiger partial charge in [-0.2, -0.15) is 0 Å². The Morgan fingerprint density at radius 2 is 0.750 bits per heavy atom. The van der Waals surface area contributed by atoms with Gasteiger partial charge in [0.1, 0.15) is 0 Å². The molecule has 0 unspecified atom stereocenters. The third kappa shape index (κ3) is 3.01. The van der Waals surface area contributed by atoms with Crippen molar-refractivity contribution in [1.29, 1.82) is 0 Å². The number of hydrogen-bond donors (Lipinski definition) is 2. The molecule has 0 aromatic carbocycles. The van der Waals surface area contributed by atoms with Crippen LogP contribution in [0.25, 0.3) is 88.6 Å². The van der Waals surface area contributed by atoms with E-state index in [2.05, 4.69) is 54.2 Å². The molecule has 0 amide bonds.